The van der Waals surface area contributed by atoms with Gasteiger partial charge >= 0.3 is 12.1 Å². The summed E-state index contributed by atoms with van der Waals surface area (Å²) in [5.74, 6) is -1.45. The van der Waals surface area contributed by atoms with Crippen LogP contribution >= 0.6 is 27.5 Å². The topological polar surface area (TPSA) is 37.3 Å². The summed E-state index contributed by atoms with van der Waals surface area (Å²) < 4.78 is 37.0. The quantitative estimate of drug-likeness (QED) is 0.856. The number of rotatable bonds is 1. The average Bonchev–Trinajstić information content (AvgIpc) is 2.06. The Morgan fingerprint density at radius 1 is 1.40 bits per heavy atom. The summed E-state index contributed by atoms with van der Waals surface area (Å²) in [5, 5.41) is 8.01. The van der Waals surface area contributed by atoms with Gasteiger partial charge in [-0.25, -0.2) is 4.79 Å². The van der Waals surface area contributed by atoms with Gasteiger partial charge in [0.05, 0.1) is 16.1 Å². The Morgan fingerprint density at radius 3 is 2.33 bits per heavy atom. The van der Waals surface area contributed by atoms with Gasteiger partial charge in [-0.1, -0.05) is 11.6 Å². The van der Waals surface area contributed by atoms with Gasteiger partial charge in [0.2, 0.25) is 0 Å². The Labute approximate surface area is 95.8 Å². The molecule has 7 heteroatoms. The molecule has 0 aliphatic carbocycles. The molecule has 0 atom stereocenters. The maximum absolute atomic E-state index is 12.4. The van der Waals surface area contributed by atoms with Crippen LogP contribution in [0.25, 0.3) is 0 Å². The average molecular weight is 303 g/mol. The highest BCUT2D eigenvalue weighted by molar-refractivity contribution is 9.10. The van der Waals surface area contributed by atoms with Gasteiger partial charge in [0, 0.05) is 4.47 Å². The molecule has 0 heterocycles. The predicted octanol–water partition coefficient (Wildman–Crippen LogP) is 3.82. The number of carbonyl (C=O) groups is 1. The number of halogens is 5. The van der Waals surface area contributed by atoms with E-state index in [-0.39, 0.29) is 4.47 Å². The third-order valence-electron chi connectivity index (χ3n) is 1.58. The van der Waals surface area contributed by atoms with Gasteiger partial charge in [-0.3, -0.25) is 0 Å². The van der Waals surface area contributed by atoms with Gasteiger partial charge in [0.15, 0.2) is 0 Å². The van der Waals surface area contributed by atoms with Gasteiger partial charge < -0.3 is 5.11 Å². The van der Waals surface area contributed by atoms with Crippen molar-refractivity contribution in [2.75, 3.05) is 0 Å². The number of hydrogen-bond donors (Lipinski definition) is 1. The molecule has 1 aromatic carbocycles. The normalized spacial score (nSPS) is 11.5. The van der Waals surface area contributed by atoms with E-state index in [1.165, 1.54) is 0 Å². The molecule has 0 aromatic heterocycles. The number of carboxylic acids is 1. The van der Waals surface area contributed by atoms with Crippen LogP contribution in [0.15, 0.2) is 16.6 Å². The molecule has 15 heavy (non-hydrogen) atoms. The molecule has 1 aromatic rings. The number of carboxylic acid groups (broad SMARTS) is 1. The van der Waals surface area contributed by atoms with E-state index in [0.717, 1.165) is 6.07 Å². The maximum Gasteiger partial charge on any atom is 0.417 e. The second-order valence-electron chi connectivity index (χ2n) is 2.62. The first kappa shape index (κ1) is 12.3. The van der Waals surface area contributed by atoms with Crippen LogP contribution in [0.4, 0.5) is 13.2 Å². The molecular weight excluding hydrogens is 300 g/mol. The van der Waals surface area contributed by atoms with Gasteiger partial charge in [-0.2, -0.15) is 13.2 Å². The summed E-state index contributed by atoms with van der Waals surface area (Å²) in [6.07, 6.45) is -4.68. The number of aromatic carboxylic acids is 1. The van der Waals surface area contributed by atoms with Crippen molar-refractivity contribution < 1.29 is 23.1 Å². The summed E-state index contributed by atoms with van der Waals surface area (Å²) in [7, 11) is 0. The van der Waals surface area contributed by atoms with Crippen molar-refractivity contribution in [3.8, 4) is 0 Å². The first-order valence-corrected chi connectivity index (χ1v) is 4.70. The van der Waals surface area contributed by atoms with Crippen LogP contribution in [-0.2, 0) is 6.18 Å². The third kappa shape index (κ3) is 2.63. The number of alkyl halides is 3. The fraction of sp³-hybridized carbons (Fsp3) is 0.125. The smallest absolute Gasteiger partial charge is 0.417 e. The molecule has 0 saturated carbocycles. The molecule has 0 amide bonds. The first-order chi connectivity index (χ1) is 6.73. The summed E-state index contributed by atoms with van der Waals surface area (Å²) in [6, 6.07) is 1.51. The molecule has 0 spiro atoms. The second kappa shape index (κ2) is 4.02. The zero-order valence-corrected chi connectivity index (χ0v) is 9.24. The van der Waals surface area contributed by atoms with Gasteiger partial charge in [0.1, 0.15) is 0 Å². The SMILES string of the molecule is O=C(O)c1cc(Br)c(Cl)c(C(F)(F)F)c1. The Morgan fingerprint density at radius 2 is 1.93 bits per heavy atom. The van der Waals surface area contributed by atoms with Crippen LogP contribution in [0.5, 0.6) is 0 Å². The molecule has 0 aliphatic rings. The number of benzene rings is 1. The highest BCUT2D eigenvalue weighted by atomic mass is 79.9. The molecule has 1 rings (SSSR count). The van der Waals surface area contributed by atoms with E-state index in [1.807, 2.05) is 0 Å². The third-order valence-corrected chi connectivity index (χ3v) is 2.84. The van der Waals surface area contributed by atoms with E-state index in [1.54, 1.807) is 0 Å². The van der Waals surface area contributed by atoms with Crippen LogP contribution in [0.3, 0.4) is 0 Å². The zero-order chi connectivity index (χ0) is 11.8. The molecule has 0 radical (unpaired) electrons. The molecule has 0 unspecified atom stereocenters. The van der Waals surface area contributed by atoms with Crippen LogP contribution in [0.1, 0.15) is 15.9 Å². The van der Waals surface area contributed by atoms with Crippen molar-refractivity contribution in [1.29, 1.82) is 0 Å². The Kier molecular flexibility index (Phi) is 3.30. The first-order valence-electron chi connectivity index (χ1n) is 3.53. The van der Waals surface area contributed by atoms with E-state index >= 15 is 0 Å². The van der Waals surface area contributed by atoms with Gasteiger partial charge in [0.25, 0.3) is 0 Å². The molecule has 82 valence electrons. The maximum atomic E-state index is 12.4. The van der Waals surface area contributed by atoms with E-state index in [2.05, 4.69) is 15.9 Å². The lowest BCUT2D eigenvalue weighted by atomic mass is 10.1. The fourth-order valence-corrected chi connectivity index (χ4v) is 1.60. The zero-order valence-electron chi connectivity index (χ0n) is 6.90. The molecule has 0 bridgehead atoms. The van der Waals surface area contributed by atoms with Crippen LogP contribution in [0, 0.1) is 0 Å². The molecule has 0 saturated heterocycles. The van der Waals surface area contributed by atoms with Crippen molar-refractivity contribution in [1.82, 2.24) is 0 Å². The van der Waals surface area contributed by atoms with Crippen molar-refractivity contribution in [2.45, 2.75) is 6.18 Å². The van der Waals surface area contributed by atoms with Crippen molar-refractivity contribution in [3.63, 3.8) is 0 Å². The standard InChI is InChI=1S/C8H3BrClF3O2/c9-5-2-3(7(14)15)1-4(6(5)10)8(11,12)13/h1-2H,(H,14,15). The lowest BCUT2D eigenvalue weighted by Crippen LogP contribution is -2.09. The fourth-order valence-electron chi connectivity index (χ4n) is 0.919. The predicted molar refractivity (Wildman–Crippen MR) is 51.1 cm³/mol. The van der Waals surface area contributed by atoms with Crippen LogP contribution in [0.2, 0.25) is 5.02 Å². The Hall–Kier alpha value is -0.750. The summed E-state index contributed by atoms with van der Waals surface area (Å²) >= 11 is 8.16. The van der Waals surface area contributed by atoms with Crippen LogP contribution < -0.4 is 0 Å². The lowest BCUT2D eigenvalue weighted by molar-refractivity contribution is -0.137. The van der Waals surface area contributed by atoms with Crippen molar-refractivity contribution in [2.24, 2.45) is 0 Å². The minimum absolute atomic E-state index is 0.101. The molecule has 0 fully saturated rings. The molecule has 1 N–H and O–H groups in total. The molecular formula is C8H3BrClF3O2. The summed E-state index contributed by atoms with van der Waals surface area (Å²) in [4.78, 5) is 10.5. The van der Waals surface area contributed by atoms with E-state index in [4.69, 9.17) is 16.7 Å². The highest BCUT2D eigenvalue weighted by Crippen LogP contribution is 2.39. The van der Waals surface area contributed by atoms with Crippen molar-refractivity contribution >= 4 is 33.5 Å². The Balaban J connectivity index is 3.45. The molecule has 0 aliphatic heterocycles. The minimum Gasteiger partial charge on any atom is -0.478 e. The Bertz CT molecular complexity index is 417. The lowest BCUT2D eigenvalue weighted by Gasteiger charge is -2.10. The van der Waals surface area contributed by atoms with E-state index in [9.17, 15) is 18.0 Å². The van der Waals surface area contributed by atoms with Crippen molar-refractivity contribution in [3.05, 3.63) is 32.8 Å². The number of hydrogen-bond acceptors (Lipinski definition) is 1. The van der Waals surface area contributed by atoms with Gasteiger partial charge in [-0.05, 0) is 28.1 Å². The second-order valence-corrected chi connectivity index (χ2v) is 3.85. The van der Waals surface area contributed by atoms with E-state index in [0.29, 0.717) is 6.07 Å². The largest absolute Gasteiger partial charge is 0.478 e. The monoisotopic (exact) mass is 302 g/mol. The summed E-state index contributed by atoms with van der Waals surface area (Å²) in [5.41, 5.74) is -1.64. The highest BCUT2D eigenvalue weighted by Gasteiger charge is 2.34. The van der Waals surface area contributed by atoms with Gasteiger partial charge in [-0.15, -0.1) is 0 Å². The van der Waals surface area contributed by atoms with E-state index < -0.39 is 28.3 Å². The molecule has 2 nitrogen and oxygen atoms in total. The minimum atomic E-state index is -4.68. The summed E-state index contributed by atoms with van der Waals surface area (Å²) in [6.45, 7) is 0. The van der Waals surface area contributed by atoms with Crippen LogP contribution in [-0.4, -0.2) is 11.1 Å².